The van der Waals surface area contributed by atoms with Crippen molar-refractivity contribution in [2.75, 3.05) is 6.54 Å². The van der Waals surface area contributed by atoms with Crippen LogP contribution in [-0.2, 0) is 19.5 Å². The van der Waals surface area contributed by atoms with Crippen LogP contribution in [0.15, 0.2) is 40.5 Å². The van der Waals surface area contributed by atoms with Crippen LogP contribution in [0, 0.1) is 5.82 Å². The zero-order valence-corrected chi connectivity index (χ0v) is 14.8. The molecule has 0 atom stereocenters. The van der Waals surface area contributed by atoms with E-state index in [1.807, 2.05) is 17.5 Å². The van der Waals surface area contributed by atoms with Gasteiger partial charge in [-0.05, 0) is 23.9 Å². The lowest BCUT2D eigenvalue weighted by Crippen LogP contribution is -2.35. The summed E-state index contributed by atoms with van der Waals surface area (Å²) < 4.78 is 14.1. The molecular formula is C18H15ClFN3OS. The fraction of sp³-hybridized carbons (Fsp3) is 0.222. The lowest BCUT2D eigenvalue weighted by atomic mass is 10.1. The molecule has 0 spiro atoms. The number of benzene rings is 1. The highest BCUT2D eigenvalue weighted by molar-refractivity contribution is 7.13. The van der Waals surface area contributed by atoms with Gasteiger partial charge in [-0.3, -0.25) is 9.69 Å². The maximum atomic E-state index is 14.1. The Morgan fingerprint density at radius 3 is 3.00 bits per heavy atom. The van der Waals surface area contributed by atoms with E-state index in [9.17, 15) is 9.18 Å². The van der Waals surface area contributed by atoms with Crippen LogP contribution in [0.1, 0.15) is 16.8 Å². The maximum Gasteiger partial charge on any atom is 0.254 e. The van der Waals surface area contributed by atoms with Crippen LogP contribution in [0.25, 0.3) is 10.7 Å². The number of hydrogen-bond donors (Lipinski definition) is 1. The number of H-pyrrole nitrogens is 1. The molecule has 1 aliphatic heterocycles. The van der Waals surface area contributed by atoms with Gasteiger partial charge in [0.1, 0.15) is 5.82 Å². The van der Waals surface area contributed by atoms with Crippen molar-refractivity contribution in [3.8, 4) is 10.7 Å². The predicted octanol–water partition coefficient (Wildman–Crippen LogP) is 3.85. The molecule has 3 heterocycles. The minimum Gasteiger partial charge on any atom is -0.306 e. The highest BCUT2D eigenvalue weighted by Gasteiger charge is 2.22. The summed E-state index contributed by atoms with van der Waals surface area (Å²) >= 11 is 7.39. The quantitative estimate of drug-likeness (QED) is 0.756. The molecule has 1 N–H and O–H groups in total. The number of fused-ring (bicyclic) bond motifs is 1. The average molecular weight is 376 g/mol. The highest BCUT2D eigenvalue weighted by Crippen LogP contribution is 2.24. The Hall–Kier alpha value is -2.02. The van der Waals surface area contributed by atoms with E-state index in [1.54, 1.807) is 18.2 Å². The second kappa shape index (κ2) is 6.71. The Kier molecular flexibility index (Phi) is 4.41. The summed E-state index contributed by atoms with van der Waals surface area (Å²) in [6.07, 6.45) is 0.602. The Bertz CT molecular complexity index is 971. The molecule has 0 radical (unpaired) electrons. The molecule has 2 aromatic heterocycles. The van der Waals surface area contributed by atoms with Crippen molar-refractivity contribution in [1.82, 2.24) is 14.9 Å². The molecule has 4 nitrogen and oxygen atoms in total. The van der Waals surface area contributed by atoms with Crippen molar-refractivity contribution < 1.29 is 4.39 Å². The number of rotatable bonds is 3. The fourth-order valence-corrected chi connectivity index (χ4v) is 3.93. The topological polar surface area (TPSA) is 49.0 Å². The van der Waals surface area contributed by atoms with Crippen molar-refractivity contribution >= 4 is 22.9 Å². The van der Waals surface area contributed by atoms with Gasteiger partial charge < -0.3 is 4.98 Å². The van der Waals surface area contributed by atoms with E-state index in [4.69, 9.17) is 11.6 Å². The van der Waals surface area contributed by atoms with E-state index >= 15 is 0 Å². The summed E-state index contributed by atoms with van der Waals surface area (Å²) in [6.45, 7) is 1.64. The van der Waals surface area contributed by atoms with Crippen molar-refractivity contribution in [1.29, 1.82) is 0 Å². The molecule has 0 aliphatic carbocycles. The molecule has 25 heavy (non-hydrogen) atoms. The van der Waals surface area contributed by atoms with Crippen LogP contribution in [0.2, 0.25) is 5.02 Å². The summed E-state index contributed by atoms with van der Waals surface area (Å²) in [7, 11) is 0. The van der Waals surface area contributed by atoms with Gasteiger partial charge in [0, 0.05) is 30.8 Å². The lowest BCUT2D eigenvalue weighted by Gasteiger charge is -2.27. The molecule has 0 saturated carbocycles. The van der Waals surface area contributed by atoms with Gasteiger partial charge >= 0.3 is 0 Å². The second-order valence-corrected chi connectivity index (χ2v) is 7.35. The first-order chi connectivity index (χ1) is 12.1. The Labute approximate surface area is 152 Å². The average Bonchev–Trinajstić information content (AvgIpc) is 3.13. The first-order valence-corrected chi connectivity index (χ1v) is 9.19. The van der Waals surface area contributed by atoms with E-state index in [2.05, 4.69) is 14.9 Å². The summed E-state index contributed by atoms with van der Waals surface area (Å²) in [5.74, 6) is 0.211. The number of aromatic amines is 1. The molecule has 0 bridgehead atoms. The van der Waals surface area contributed by atoms with Crippen molar-refractivity contribution in [2.24, 2.45) is 0 Å². The highest BCUT2D eigenvalue weighted by atomic mass is 35.5. The van der Waals surface area contributed by atoms with Gasteiger partial charge in [0.2, 0.25) is 0 Å². The molecule has 3 aromatic rings. The van der Waals surface area contributed by atoms with Gasteiger partial charge in [-0.25, -0.2) is 9.37 Å². The molecule has 4 rings (SSSR count). The number of nitrogens with zero attached hydrogens (tertiary/aromatic N) is 2. The van der Waals surface area contributed by atoms with Crippen LogP contribution in [0.3, 0.4) is 0 Å². The van der Waals surface area contributed by atoms with Crippen molar-refractivity contribution in [2.45, 2.75) is 19.5 Å². The third-order valence-corrected chi connectivity index (χ3v) is 5.50. The molecule has 7 heteroatoms. The lowest BCUT2D eigenvalue weighted by molar-refractivity contribution is 0.237. The smallest absolute Gasteiger partial charge is 0.254 e. The monoisotopic (exact) mass is 375 g/mol. The minimum absolute atomic E-state index is 0.0815. The van der Waals surface area contributed by atoms with Crippen LogP contribution in [0.5, 0.6) is 0 Å². The van der Waals surface area contributed by atoms with Crippen LogP contribution >= 0.6 is 22.9 Å². The molecule has 0 unspecified atom stereocenters. The zero-order valence-electron chi connectivity index (χ0n) is 13.3. The van der Waals surface area contributed by atoms with E-state index in [1.165, 1.54) is 11.3 Å². The van der Waals surface area contributed by atoms with Crippen molar-refractivity contribution in [3.05, 3.63) is 73.7 Å². The number of nitrogens with one attached hydrogen (secondary N) is 1. The van der Waals surface area contributed by atoms with E-state index in [0.29, 0.717) is 37.4 Å². The Morgan fingerprint density at radius 1 is 1.32 bits per heavy atom. The molecule has 0 saturated heterocycles. The van der Waals surface area contributed by atoms with Crippen LogP contribution in [0.4, 0.5) is 4.39 Å². The van der Waals surface area contributed by atoms with Gasteiger partial charge in [0.25, 0.3) is 5.56 Å². The standard InChI is InChI=1S/C18H15ClFN3OS/c19-13-4-1-3-11(16(13)20)9-23-7-6-12-14(10-23)21-17(22-18(12)24)15-5-2-8-25-15/h1-5,8H,6-7,9-10H2,(H,21,22,24). The molecule has 0 amide bonds. The normalized spacial score (nSPS) is 14.5. The number of hydrogen-bond acceptors (Lipinski definition) is 4. The molecule has 1 aromatic carbocycles. The van der Waals surface area contributed by atoms with Crippen molar-refractivity contribution in [3.63, 3.8) is 0 Å². The number of halogens is 2. The van der Waals surface area contributed by atoms with E-state index in [-0.39, 0.29) is 16.4 Å². The second-order valence-electron chi connectivity index (χ2n) is 5.99. The first kappa shape index (κ1) is 16.4. The Morgan fingerprint density at radius 2 is 2.20 bits per heavy atom. The third kappa shape index (κ3) is 3.25. The van der Waals surface area contributed by atoms with Gasteiger partial charge in [-0.2, -0.15) is 0 Å². The summed E-state index contributed by atoms with van der Waals surface area (Å²) in [5.41, 5.74) is 1.96. The first-order valence-electron chi connectivity index (χ1n) is 7.93. The van der Waals surface area contributed by atoms with Gasteiger partial charge in [0.05, 0.1) is 15.6 Å². The van der Waals surface area contributed by atoms with Gasteiger partial charge in [-0.1, -0.05) is 29.8 Å². The van der Waals surface area contributed by atoms with Crippen LogP contribution < -0.4 is 5.56 Å². The largest absolute Gasteiger partial charge is 0.306 e. The zero-order chi connectivity index (χ0) is 17.4. The molecular weight excluding hydrogens is 361 g/mol. The predicted molar refractivity (Wildman–Crippen MR) is 97.4 cm³/mol. The summed E-state index contributed by atoms with van der Waals surface area (Å²) in [6, 6.07) is 8.88. The van der Waals surface area contributed by atoms with Gasteiger partial charge in [0.15, 0.2) is 5.82 Å². The Balaban J connectivity index is 1.62. The molecule has 128 valence electrons. The molecule has 1 aliphatic rings. The summed E-state index contributed by atoms with van der Waals surface area (Å²) in [5, 5.41) is 2.08. The van der Waals surface area contributed by atoms with E-state index in [0.717, 1.165) is 16.1 Å². The minimum atomic E-state index is -0.381. The fourth-order valence-electron chi connectivity index (χ4n) is 3.07. The maximum absolute atomic E-state index is 14.1. The summed E-state index contributed by atoms with van der Waals surface area (Å²) in [4.78, 5) is 22.9. The number of aromatic nitrogens is 2. The molecule has 0 fully saturated rings. The van der Waals surface area contributed by atoms with Gasteiger partial charge in [-0.15, -0.1) is 11.3 Å². The van der Waals surface area contributed by atoms with Crippen LogP contribution in [-0.4, -0.2) is 21.4 Å². The SMILES string of the molecule is O=c1[nH]c(-c2cccs2)nc2c1CCN(Cc1cccc(Cl)c1F)C2. The third-order valence-electron chi connectivity index (χ3n) is 4.33. The van der Waals surface area contributed by atoms with E-state index < -0.39 is 0 Å². The number of thiophene rings is 1.